The van der Waals surface area contributed by atoms with Crippen molar-refractivity contribution in [1.82, 2.24) is 0 Å². The van der Waals surface area contributed by atoms with Gasteiger partial charge in [0.2, 0.25) is 0 Å². The number of thiophene rings is 1. The molecule has 0 fully saturated rings. The lowest BCUT2D eigenvalue weighted by Crippen LogP contribution is -2.16. The largest absolute Gasteiger partial charge is 0.310 e. The van der Waals surface area contributed by atoms with E-state index in [-0.39, 0.29) is 10.8 Å². The highest BCUT2D eigenvalue weighted by Crippen LogP contribution is 2.57. The van der Waals surface area contributed by atoms with Gasteiger partial charge in [-0.2, -0.15) is 0 Å². The van der Waals surface area contributed by atoms with E-state index in [4.69, 9.17) is 0 Å². The topological polar surface area (TPSA) is 3.24 Å². The maximum atomic E-state index is 2.50. The molecule has 0 spiro atoms. The molecule has 1 heterocycles. The van der Waals surface area contributed by atoms with E-state index >= 15 is 0 Å². The lowest BCUT2D eigenvalue weighted by molar-refractivity contribution is 0.660. The minimum atomic E-state index is -0.220. The van der Waals surface area contributed by atoms with Crippen molar-refractivity contribution in [2.75, 3.05) is 4.90 Å². The Kier molecular flexibility index (Phi) is 8.17. The lowest BCUT2D eigenvalue weighted by Gasteiger charge is -2.28. The third-order valence-electron chi connectivity index (χ3n) is 13.9. The normalized spacial score (nSPS) is 14.1. The molecule has 0 radical (unpaired) electrons. The molecular formula is C60H45NS. The summed E-state index contributed by atoms with van der Waals surface area (Å²) in [7, 11) is 0. The summed E-state index contributed by atoms with van der Waals surface area (Å²) in [5.41, 5.74) is 21.6. The molecule has 0 saturated carbocycles. The van der Waals surface area contributed by atoms with Gasteiger partial charge in [-0.15, -0.1) is 11.3 Å². The summed E-state index contributed by atoms with van der Waals surface area (Å²) in [4.78, 5) is 2.44. The van der Waals surface area contributed by atoms with Crippen molar-refractivity contribution in [2.45, 2.75) is 38.5 Å². The van der Waals surface area contributed by atoms with Crippen LogP contribution >= 0.6 is 11.3 Å². The van der Waals surface area contributed by atoms with Crippen LogP contribution in [0.1, 0.15) is 49.9 Å². The van der Waals surface area contributed by atoms with Gasteiger partial charge in [0.1, 0.15) is 0 Å². The zero-order valence-corrected chi connectivity index (χ0v) is 36.2. The summed E-state index contributed by atoms with van der Waals surface area (Å²) in [6, 6.07) is 74.5. The molecule has 0 unspecified atom stereocenters. The summed E-state index contributed by atoms with van der Waals surface area (Å²) in [6.07, 6.45) is 0. The first-order chi connectivity index (χ1) is 30.3. The molecule has 0 amide bonds. The van der Waals surface area contributed by atoms with Gasteiger partial charge in [-0.25, -0.2) is 0 Å². The van der Waals surface area contributed by atoms with E-state index in [1.165, 1.54) is 98.1 Å². The van der Waals surface area contributed by atoms with Gasteiger partial charge < -0.3 is 4.90 Å². The van der Waals surface area contributed by atoms with Crippen molar-refractivity contribution in [3.05, 3.63) is 222 Å². The van der Waals surface area contributed by atoms with Crippen LogP contribution in [-0.2, 0) is 10.8 Å². The van der Waals surface area contributed by atoms with Crippen LogP contribution in [0.15, 0.2) is 200 Å². The third-order valence-corrected chi connectivity index (χ3v) is 15.0. The minimum Gasteiger partial charge on any atom is -0.310 e. The molecule has 0 atom stereocenters. The SMILES string of the molecule is CC1(C)c2ccccc2-c2ccc(-c3ccc(N(c4ccc(-c5ccccc5)cc4)c4ccc5c(c4)C(C)(C)c4cc6sc7ccccc7c6c(-c6ccccc6)c4-5)cc3)cc21. The Bertz CT molecular complexity index is 3370. The number of nitrogens with zero attached hydrogens (tertiary/aromatic N) is 1. The average Bonchev–Trinajstić information content (AvgIpc) is 3.88. The molecule has 9 aromatic carbocycles. The number of benzene rings is 9. The Labute approximate surface area is 368 Å². The first-order valence-corrected chi connectivity index (χ1v) is 22.6. The summed E-state index contributed by atoms with van der Waals surface area (Å²) in [5.74, 6) is 0. The van der Waals surface area contributed by atoms with E-state index in [9.17, 15) is 0 Å². The van der Waals surface area contributed by atoms with Gasteiger partial charge in [-0.3, -0.25) is 0 Å². The Balaban J connectivity index is 0.998. The highest BCUT2D eigenvalue weighted by atomic mass is 32.1. The quantitative estimate of drug-likeness (QED) is 0.162. The van der Waals surface area contributed by atoms with Crippen LogP contribution in [0.4, 0.5) is 17.1 Å². The molecule has 12 rings (SSSR count). The molecule has 0 saturated heterocycles. The second-order valence-electron chi connectivity index (χ2n) is 18.1. The van der Waals surface area contributed by atoms with Gasteiger partial charge in [0.15, 0.2) is 0 Å². The summed E-state index contributed by atoms with van der Waals surface area (Å²) >= 11 is 1.91. The minimum absolute atomic E-state index is 0.0448. The molecule has 296 valence electrons. The van der Waals surface area contributed by atoms with Gasteiger partial charge in [-0.1, -0.05) is 173 Å². The van der Waals surface area contributed by atoms with Crippen molar-refractivity contribution in [1.29, 1.82) is 0 Å². The van der Waals surface area contributed by atoms with Crippen molar-refractivity contribution in [2.24, 2.45) is 0 Å². The van der Waals surface area contributed by atoms with Crippen LogP contribution in [0, 0.1) is 0 Å². The van der Waals surface area contributed by atoms with Crippen LogP contribution in [0.5, 0.6) is 0 Å². The third kappa shape index (κ3) is 5.53. The van der Waals surface area contributed by atoms with Crippen LogP contribution in [0.25, 0.3) is 75.8 Å². The summed E-state index contributed by atoms with van der Waals surface area (Å²) in [5, 5.41) is 2.69. The maximum absolute atomic E-state index is 2.50. The van der Waals surface area contributed by atoms with Gasteiger partial charge in [0.25, 0.3) is 0 Å². The second kappa shape index (κ2) is 13.8. The van der Waals surface area contributed by atoms with Crippen LogP contribution in [0.3, 0.4) is 0 Å². The van der Waals surface area contributed by atoms with E-state index in [2.05, 4.69) is 233 Å². The van der Waals surface area contributed by atoms with Crippen LogP contribution in [-0.4, -0.2) is 0 Å². The number of fused-ring (bicyclic) bond motifs is 9. The van der Waals surface area contributed by atoms with E-state index in [1.54, 1.807) is 0 Å². The van der Waals surface area contributed by atoms with Crippen LogP contribution < -0.4 is 4.90 Å². The fourth-order valence-corrected chi connectivity index (χ4v) is 11.8. The molecule has 2 heteroatoms. The van der Waals surface area contributed by atoms with Gasteiger partial charge in [0, 0.05) is 48.1 Å². The number of anilines is 3. The van der Waals surface area contributed by atoms with E-state index < -0.39 is 0 Å². The van der Waals surface area contributed by atoms with Gasteiger partial charge >= 0.3 is 0 Å². The van der Waals surface area contributed by atoms with Crippen molar-refractivity contribution in [3.8, 4) is 55.6 Å². The van der Waals surface area contributed by atoms with E-state index in [1.807, 2.05) is 11.3 Å². The Morgan fingerprint density at radius 1 is 0.339 bits per heavy atom. The zero-order valence-electron chi connectivity index (χ0n) is 35.4. The molecule has 2 aliphatic carbocycles. The molecule has 10 aromatic rings. The highest BCUT2D eigenvalue weighted by molar-refractivity contribution is 7.26. The highest BCUT2D eigenvalue weighted by Gasteiger charge is 2.39. The van der Waals surface area contributed by atoms with Crippen molar-refractivity contribution in [3.63, 3.8) is 0 Å². The molecule has 0 aliphatic heterocycles. The van der Waals surface area contributed by atoms with Gasteiger partial charge in [0.05, 0.1) is 0 Å². The predicted octanol–water partition coefficient (Wildman–Crippen LogP) is 17.1. The fourth-order valence-electron chi connectivity index (χ4n) is 10.7. The molecule has 1 nitrogen and oxygen atoms in total. The maximum Gasteiger partial charge on any atom is 0.0465 e. The first kappa shape index (κ1) is 36.8. The molecule has 62 heavy (non-hydrogen) atoms. The van der Waals surface area contributed by atoms with E-state index in [0.29, 0.717) is 0 Å². The second-order valence-corrected chi connectivity index (χ2v) is 19.2. The van der Waals surface area contributed by atoms with Crippen molar-refractivity contribution >= 4 is 48.6 Å². The predicted molar refractivity (Wildman–Crippen MR) is 265 cm³/mol. The van der Waals surface area contributed by atoms with E-state index in [0.717, 1.165) is 17.1 Å². The Hall–Kier alpha value is -7.00. The fraction of sp³-hybridized carbons (Fsp3) is 0.100. The summed E-state index contributed by atoms with van der Waals surface area (Å²) < 4.78 is 2.68. The zero-order chi connectivity index (χ0) is 41.7. The smallest absolute Gasteiger partial charge is 0.0465 e. The Morgan fingerprint density at radius 2 is 0.855 bits per heavy atom. The molecule has 1 aromatic heterocycles. The number of rotatable bonds is 6. The van der Waals surface area contributed by atoms with Crippen molar-refractivity contribution < 1.29 is 0 Å². The standard InChI is InChI=1S/C60H45NS/c1-59(2)50-21-13-11-19-46(50)47-33-27-42(35-51(47)59)40-25-30-44(31-26-40)61(43-28-23-39(24-29-43)38-15-7-5-8-16-38)45-32-34-48-52(36-45)60(3,4)53-37-55-58(49-20-12-14-22-54(49)62-55)56(57(48)53)41-17-9-6-10-18-41/h5-37H,1-4H3. The Morgan fingerprint density at radius 3 is 1.58 bits per heavy atom. The molecule has 0 bridgehead atoms. The number of hydrogen-bond donors (Lipinski definition) is 0. The molecular weight excluding hydrogens is 767 g/mol. The average molecular weight is 812 g/mol. The number of hydrogen-bond acceptors (Lipinski definition) is 2. The van der Waals surface area contributed by atoms with Gasteiger partial charge in [-0.05, 0) is 132 Å². The summed E-state index contributed by atoms with van der Waals surface area (Å²) in [6.45, 7) is 9.55. The monoisotopic (exact) mass is 811 g/mol. The first-order valence-electron chi connectivity index (χ1n) is 21.8. The molecule has 2 aliphatic rings. The van der Waals surface area contributed by atoms with Crippen LogP contribution in [0.2, 0.25) is 0 Å². The molecule has 0 N–H and O–H groups in total. The lowest BCUT2D eigenvalue weighted by atomic mass is 9.81.